The molecule has 2 nitrogen and oxygen atoms in total. The average Bonchev–Trinajstić information content (AvgIpc) is 2.20. The highest BCUT2D eigenvalue weighted by atomic mass is 15.4. The predicted octanol–water partition coefficient (Wildman–Crippen LogP) is 1.10. The molecular weight excluding hydrogens is 160 g/mol. The number of piperazine rings is 3. The molecule has 0 atom stereocenters. The van der Waals surface area contributed by atoms with E-state index >= 15 is 0 Å². The van der Waals surface area contributed by atoms with Crippen LogP contribution in [0.3, 0.4) is 0 Å². The Morgan fingerprint density at radius 1 is 1.23 bits per heavy atom. The Morgan fingerprint density at radius 3 is 2.23 bits per heavy atom. The minimum Gasteiger partial charge on any atom is -0.317 e. The third-order valence-electron chi connectivity index (χ3n) is 3.75. The van der Waals surface area contributed by atoms with Gasteiger partial charge in [-0.25, -0.2) is 0 Å². The number of nitrogens with zero attached hydrogens (tertiary/aromatic N) is 2. The summed E-state index contributed by atoms with van der Waals surface area (Å²) >= 11 is 0. The van der Waals surface area contributed by atoms with Crippen LogP contribution in [0, 0.1) is 0 Å². The SMILES string of the molecule is C/C=C(\C)C[N+]12CCN(CC1)CC2. The first kappa shape index (κ1) is 9.22. The van der Waals surface area contributed by atoms with Crippen molar-refractivity contribution in [1.29, 1.82) is 0 Å². The molecule has 2 heteroatoms. The molecule has 2 bridgehead atoms. The molecule has 0 aliphatic carbocycles. The van der Waals surface area contributed by atoms with Gasteiger partial charge in [-0.3, -0.25) is 4.90 Å². The van der Waals surface area contributed by atoms with E-state index in [1.165, 1.54) is 50.3 Å². The van der Waals surface area contributed by atoms with Crippen molar-refractivity contribution < 1.29 is 4.48 Å². The summed E-state index contributed by atoms with van der Waals surface area (Å²) in [6, 6.07) is 0. The third-order valence-corrected chi connectivity index (χ3v) is 3.75. The molecule has 0 aromatic carbocycles. The van der Waals surface area contributed by atoms with Crippen molar-refractivity contribution in [1.82, 2.24) is 4.90 Å². The van der Waals surface area contributed by atoms with E-state index in [-0.39, 0.29) is 0 Å². The van der Waals surface area contributed by atoms with Crippen LogP contribution in [0.5, 0.6) is 0 Å². The van der Waals surface area contributed by atoms with Crippen LogP contribution in [0.1, 0.15) is 13.8 Å². The molecule has 0 unspecified atom stereocenters. The highest BCUT2D eigenvalue weighted by Gasteiger charge is 2.37. The number of hydrogen-bond acceptors (Lipinski definition) is 1. The van der Waals surface area contributed by atoms with Crippen LogP contribution < -0.4 is 0 Å². The Labute approximate surface area is 81.4 Å². The van der Waals surface area contributed by atoms with Gasteiger partial charge < -0.3 is 4.48 Å². The fourth-order valence-electron chi connectivity index (χ4n) is 2.59. The smallest absolute Gasteiger partial charge is 0.100 e. The minimum atomic E-state index is 1.30. The van der Waals surface area contributed by atoms with Gasteiger partial charge in [-0.2, -0.15) is 0 Å². The molecule has 74 valence electrons. The number of allylic oxidation sites excluding steroid dienone is 1. The van der Waals surface area contributed by atoms with Crippen LogP contribution in [-0.2, 0) is 0 Å². The monoisotopic (exact) mass is 181 g/mol. The van der Waals surface area contributed by atoms with Crippen LogP contribution in [0.15, 0.2) is 11.6 Å². The molecule has 3 aliphatic rings. The molecule has 0 saturated carbocycles. The largest absolute Gasteiger partial charge is 0.317 e. The lowest BCUT2D eigenvalue weighted by molar-refractivity contribution is -0.936. The van der Waals surface area contributed by atoms with Gasteiger partial charge in [0.25, 0.3) is 0 Å². The zero-order valence-electron chi connectivity index (χ0n) is 8.92. The van der Waals surface area contributed by atoms with Crippen molar-refractivity contribution in [3.8, 4) is 0 Å². The van der Waals surface area contributed by atoms with Gasteiger partial charge in [0.2, 0.25) is 0 Å². The van der Waals surface area contributed by atoms with E-state index in [0.717, 1.165) is 0 Å². The first-order valence-electron chi connectivity index (χ1n) is 5.43. The summed E-state index contributed by atoms with van der Waals surface area (Å²) < 4.78 is 1.37. The molecule has 3 rings (SSSR count). The lowest BCUT2D eigenvalue weighted by Gasteiger charge is -2.50. The molecule has 3 heterocycles. The van der Waals surface area contributed by atoms with Gasteiger partial charge in [0.05, 0.1) is 19.6 Å². The fourth-order valence-corrected chi connectivity index (χ4v) is 2.59. The van der Waals surface area contributed by atoms with Crippen molar-refractivity contribution >= 4 is 0 Å². The first-order chi connectivity index (χ1) is 6.24. The maximum atomic E-state index is 2.60. The lowest BCUT2D eigenvalue weighted by atomic mass is 10.1. The molecule has 0 radical (unpaired) electrons. The van der Waals surface area contributed by atoms with Crippen molar-refractivity contribution in [2.24, 2.45) is 0 Å². The number of fused-ring (bicyclic) bond motifs is 3. The van der Waals surface area contributed by atoms with Crippen molar-refractivity contribution in [2.45, 2.75) is 13.8 Å². The van der Waals surface area contributed by atoms with E-state index in [1.54, 1.807) is 5.57 Å². The summed E-state index contributed by atoms with van der Waals surface area (Å²) in [6.07, 6.45) is 2.27. The third kappa shape index (κ3) is 1.79. The van der Waals surface area contributed by atoms with E-state index in [1.807, 2.05) is 0 Å². The zero-order valence-corrected chi connectivity index (χ0v) is 8.92. The molecule has 3 fully saturated rings. The second-order valence-corrected chi connectivity index (χ2v) is 4.65. The fraction of sp³-hybridized carbons (Fsp3) is 0.818. The number of hydrogen-bond donors (Lipinski definition) is 0. The van der Waals surface area contributed by atoms with Gasteiger partial charge in [0.15, 0.2) is 0 Å². The Bertz CT molecular complexity index is 198. The van der Waals surface area contributed by atoms with Gasteiger partial charge in [-0.1, -0.05) is 6.08 Å². The molecule has 3 saturated heterocycles. The quantitative estimate of drug-likeness (QED) is 0.455. The molecular formula is C11H21N2+. The van der Waals surface area contributed by atoms with Crippen LogP contribution in [-0.4, -0.2) is 55.2 Å². The Balaban J connectivity index is 2.02. The van der Waals surface area contributed by atoms with Crippen molar-refractivity contribution in [3.63, 3.8) is 0 Å². The second-order valence-electron chi connectivity index (χ2n) is 4.65. The summed E-state index contributed by atoms with van der Waals surface area (Å²) in [5.74, 6) is 0. The number of rotatable bonds is 2. The lowest BCUT2D eigenvalue weighted by Crippen LogP contribution is -2.67. The van der Waals surface area contributed by atoms with Gasteiger partial charge in [-0.15, -0.1) is 0 Å². The second kappa shape index (κ2) is 3.43. The summed E-state index contributed by atoms with van der Waals surface area (Å²) in [4.78, 5) is 2.60. The molecule has 0 N–H and O–H groups in total. The van der Waals surface area contributed by atoms with Crippen LogP contribution in [0.2, 0.25) is 0 Å². The van der Waals surface area contributed by atoms with Crippen LogP contribution >= 0.6 is 0 Å². The molecule has 0 aromatic rings. The average molecular weight is 181 g/mol. The van der Waals surface area contributed by atoms with E-state index in [0.29, 0.717) is 0 Å². The van der Waals surface area contributed by atoms with Crippen LogP contribution in [0.4, 0.5) is 0 Å². The predicted molar refractivity (Wildman–Crippen MR) is 55.6 cm³/mol. The maximum Gasteiger partial charge on any atom is 0.100 e. The van der Waals surface area contributed by atoms with Crippen molar-refractivity contribution in [3.05, 3.63) is 11.6 Å². The highest BCUT2D eigenvalue weighted by Crippen LogP contribution is 2.20. The summed E-state index contributed by atoms with van der Waals surface area (Å²) in [5.41, 5.74) is 1.57. The van der Waals surface area contributed by atoms with Gasteiger partial charge in [-0.05, 0) is 19.4 Å². The van der Waals surface area contributed by atoms with E-state index in [9.17, 15) is 0 Å². The van der Waals surface area contributed by atoms with Crippen molar-refractivity contribution in [2.75, 3.05) is 45.8 Å². The van der Waals surface area contributed by atoms with Gasteiger partial charge in [0, 0.05) is 19.6 Å². The maximum absolute atomic E-state index is 2.60. The molecule has 0 spiro atoms. The number of quaternary nitrogens is 1. The Hall–Kier alpha value is -0.340. The molecule has 0 amide bonds. The molecule has 3 aliphatic heterocycles. The topological polar surface area (TPSA) is 3.24 Å². The normalized spacial score (nSPS) is 39.5. The van der Waals surface area contributed by atoms with E-state index in [2.05, 4.69) is 24.8 Å². The summed E-state index contributed by atoms with van der Waals surface area (Å²) in [5, 5.41) is 0. The molecule has 0 aromatic heterocycles. The van der Waals surface area contributed by atoms with Gasteiger partial charge in [0.1, 0.15) is 6.54 Å². The highest BCUT2D eigenvalue weighted by molar-refractivity contribution is 4.96. The summed E-state index contributed by atoms with van der Waals surface area (Å²) in [7, 11) is 0. The summed E-state index contributed by atoms with van der Waals surface area (Å²) in [6.45, 7) is 13.9. The van der Waals surface area contributed by atoms with Gasteiger partial charge >= 0.3 is 0 Å². The standard InChI is InChI=1S/C11H21N2/c1-3-11(2)10-13-7-4-12(5-8-13)6-9-13/h3H,4-10H2,1-2H3/q+1/b11-3+. The van der Waals surface area contributed by atoms with E-state index in [4.69, 9.17) is 0 Å². The first-order valence-corrected chi connectivity index (χ1v) is 5.43. The zero-order chi connectivity index (χ0) is 9.31. The molecule has 13 heavy (non-hydrogen) atoms. The minimum absolute atomic E-state index is 1.30. The Morgan fingerprint density at radius 2 is 1.77 bits per heavy atom. The van der Waals surface area contributed by atoms with E-state index < -0.39 is 0 Å². The Kier molecular flexibility index (Phi) is 2.43. The van der Waals surface area contributed by atoms with Crippen LogP contribution in [0.25, 0.3) is 0 Å².